The summed E-state index contributed by atoms with van der Waals surface area (Å²) in [6.07, 6.45) is 9.56. The molecule has 4 heteroatoms. The van der Waals surface area contributed by atoms with Gasteiger partial charge in [0.15, 0.2) is 5.92 Å². The van der Waals surface area contributed by atoms with Gasteiger partial charge in [0.05, 0.1) is 12.2 Å². The highest BCUT2D eigenvalue weighted by molar-refractivity contribution is 5.95. The topological polar surface area (TPSA) is 52.6 Å². The van der Waals surface area contributed by atoms with Crippen molar-refractivity contribution in [2.45, 2.75) is 105 Å². The average Bonchev–Trinajstić information content (AvgIpc) is 2.43. The van der Waals surface area contributed by atoms with Gasteiger partial charge in [0.25, 0.3) is 0 Å². The van der Waals surface area contributed by atoms with Crippen LogP contribution in [0.4, 0.5) is 0 Å². The first-order valence-corrected chi connectivity index (χ1v) is 9.29. The molecule has 0 aliphatic heterocycles. The van der Waals surface area contributed by atoms with E-state index in [0.717, 1.165) is 19.3 Å². The van der Waals surface area contributed by atoms with Crippen LogP contribution in [0.3, 0.4) is 0 Å². The molecule has 0 rings (SSSR count). The van der Waals surface area contributed by atoms with Gasteiger partial charge in [-0.15, -0.1) is 0 Å². The third-order valence-electron chi connectivity index (χ3n) is 3.62. The number of rotatable bonds is 13. The molecular weight excluding hydrogens is 292 g/mol. The summed E-state index contributed by atoms with van der Waals surface area (Å²) in [5.74, 6) is -1.68. The molecule has 0 unspecified atom stereocenters. The lowest BCUT2D eigenvalue weighted by atomic mass is 10.00. The smallest absolute Gasteiger partial charge is 0.320 e. The Morgan fingerprint density at radius 2 is 1.09 bits per heavy atom. The maximum atomic E-state index is 12.1. The second-order valence-electron chi connectivity index (χ2n) is 6.79. The van der Waals surface area contributed by atoms with E-state index >= 15 is 0 Å². The van der Waals surface area contributed by atoms with Crippen molar-refractivity contribution in [3.63, 3.8) is 0 Å². The second-order valence-corrected chi connectivity index (χ2v) is 6.79. The van der Waals surface area contributed by atoms with E-state index in [0.29, 0.717) is 6.42 Å². The lowest BCUT2D eigenvalue weighted by Crippen LogP contribution is -2.31. The SMILES string of the molecule is CCCCCCCCCCC(C(=O)OC(C)C)C(=O)OC(C)C. The summed E-state index contributed by atoms with van der Waals surface area (Å²) in [5.41, 5.74) is 0. The van der Waals surface area contributed by atoms with Crippen LogP contribution < -0.4 is 0 Å². The fraction of sp³-hybridized carbons (Fsp3) is 0.895. The minimum Gasteiger partial charge on any atom is -0.462 e. The third-order valence-corrected chi connectivity index (χ3v) is 3.62. The summed E-state index contributed by atoms with van der Waals surface area (Å²) in [5, 5.41) is 0. The van der Waals surface area contributed by atoms with Crippen molar-refractivity contribution in [1.82, 2.24) is 0 Å². The standard InChI is InChI=1S/C19H36O4/c1-6-7-8-9-10-11-12-13-14-17(18(20)22-15(2)3)19(21)23-16(4)5/h15-17H,6-14H2,1-5H3. The number of hydrogen-bond donors (Lipinski definition) is 0. The molecule has 23 heavy (non-hydrogen) atoms. The second kappa shape index (κ2) is 13.4. The molecule has 0 heterocycles. The molecule has 0 aromatic heterocycles. The third kappa shape index (κ3) is 12.1. The molecule has 0 aromatic rings. The van der Waals surface area contributed by atoms with Gasteiger partial charge in [0.2, 0.25) is 0 Å². The van der Waals surface area contributed by atoms with Crippen LogP contribution in [0.5, 0.6) is 0 Å². The predicted octanol–water partition coefficient (Wildman–Crippen LogP) is 5.04. The Kier molecular flexibility index (Phi) is 12.8. The van der Waals surface area contributed by atoms with Gasteiger partial charge in [-0.1, -0.05) is 58.3 Å². The van der Waals surface area contributed by atoms with Crippen LogP contribution in [0, 0.1) is 5.92 Å². The van der Waals surface area contributed by atoms with E-state index in [-0.39, 0.29) is 12.2 Å². The lowest BCUT2D eigenvalue weighted by Gasteiger charge is -2.18. The van der Waals surface area contributed by atoms with Gasteiger partial charge in [-0.25, -0.2) is 0 Å². The van der Waals surface area contributed by atoms with E-state index in [4.69, 9.17) is 9.47 Å². The maximum Gasteiger partial charge on any atom is 0.320 e. The molecule has 0 N–H and O–H groups in total. The van der Waals surface area contributed by atoms with E-state index in [1.165, 1.54) is 32.1 Å². The first kappa shape index (κ1) is 21.9. The quantitative estimate of drug-likeness (QED) is 0.270. The van der Waals surface area contributed by atoms with Crippen molar-refractivity contribution in [1.29, 1.82) is 0 Å². The van der Waals surface area contributed by atoms with Crippen molar-refractivity contribution in [2.75, 3.05) is 0 Å². The van der Waals surface area contributed by atoms with Crippen LogP contribution in [0.1, 0.15) is 92.4 Å². The minimum atomic E-state index is -0.778. The van der Waals surface area contributed by atoms with E-state index in [1.54, 1.807) is 27.7 Å². The summed E-state index contributed by atoms with van der Waals surface area (Å²) < 4.78 is 10.4. The van der Waals surface area contributed by atoms with Crippen molar-refractivity contribution >= 4 is 11.9 Å². The minimum absolute atomic E-state index is 0.213. The van der Waals surface area contributed by atoms with Crippen molar-refractivity contribution in [2.24, 2.45) is 5.92 Å². The molecule has 0 saturated heterocycles. The summed E-state index contributed by atoms with van der Waals surface area (Å²) in [7, 11) is 0. The van der Waals surface area contributed by atoms with Gasteiger partial charge in [-0.2, -0.15) is 0 Å². The summed E-state index contributed by atoms with van der Waals surface area (Å²) in [4.78, 5) is 24.2. The maximum absolute atomic E-state index is 12.1. The van der Waals surface area contributed by atoms with Crippen LogP contribution >= 0.6 is 0 Å². The number of hydrogen-bond acceptors (Lipinski definition) is 4. The number of esters is 2. The zero-order chi connectivity index (χ0) is 17.7. The van der Waals surface area contributed by atoms with Crippen molar-refractivity contribution in [3.8, 4) is 0 Å². The molecule has 0 aliphatic rings. The summed E-state index contributed by atoms with van der Waals surface area (Å²) >= 11 is 0. The van der Waals surface area contributed by atoms with Crippen LogP contribution in [0.25, 0.3) is 0 Å². The van der Waals surface area contributed by atoms with Gasteiger partial charge in [0, 0.05) is 0 Å². The first-order chi connectivity index (χ1) is 10.9. The fourth-order valence-electron chi connectivity index (χ4n) is 2.44. The van der Waals surface area contributed by atoms with Crippen LogP contribution in [0.2, 0.25) is 0 Å². The van der Waals surface area contributed by atoms with Crippen LogP contribution in [-0.2, 0) is 19.1 Å². The number of carbonyl (C=O) groups excluding carboxylic acids is 2. The Labute approximate surface area is 142 Å². The molecule has 136 valence electrons. The number of ether oxygens (including phenoxy) is 2. The van der Waals surface area contributed by atoms with Crippen LogP contribution in [-0.4, -0.2) is 24.1 Å². The van der Waals surface area contributed by atoms with Crippen LogP contribution in [0.15, 0.2) is 0 Å². The monoisotopic (exact) mass is 328 g/mol. The van der Waals surface area contributed by atoms with E-state index in [9.17, 15) is 9.59 Å². The molecular formula is C19H36O4. The number of carbonyl (C=O) groups is 2. The molecule has 0 aromatic carbocycles. The molecule has 0 bridgehead atoms. The van der Waals surface area contributed by atoms with Gasteiger partial charge in [-0.3, -0.25) is 9.59 Å². The predicted molar refractivity (Wildman–Crippen MR) is 93.2 cm³/mol. The molecule has 0 spiro atoms. The van der Waals surface area contributed by atoms with Crippen molar-refractivity contribution in [3.05, 3.63) is 0 Å². The molecule has 0 saturated carbocycles. The molecule has 0 amide bonds. The Morgan fingerprint density at radius 1 is 0.696 bits per heavy atom. The van der Waals surface area contributed by atoms with Gasteiger partial charge in [0.1, 0.15) is 0 Å². The Hall–Kier alpha value is -1.06. The molecule has 4 nitrogen and oxygen atoms in total. The van der Waals surface area contributed by atoms with Gasteiger partial charge in [-0.05, 0) is 34.1 Å². The Morgan fingerprint density at radius 3 is 1.48 bits per heavy atom. The van der Waals surface area contributed by atoms with Gasteiger partial charge < -0.3 is 9.47 Å². The largest absolute Gasteiger partial charge is 0.462 e. The molecule has 0 radical (unpaired) electrons. The van der Waals surface area contributed by atoms with Gasteiger partial charge >= 0.3 is 11.9 Å². The first-order valence-electron chi connectivity index (χ1n) is 9.29. The highest BCUT2D eigenvalue weighted by Gasteiger charge is 2.30. The Bertz CT molecular complexity index is 301. The molecule has 0 fully saturated rings. The molecule has 0 aliphatic carbocycles. The van der Waals surface area contributed by atoms with E-state index < -0.39 is 17.9 Å². The lowest BCUT2D eigenvalue weighted by molar-refractivity contribution is -0.166. The summed E-state index contributed by atoms with van der Waals surface area (Å²) in [6, 6.07) is 0. The van der Waals surface area contributed by atoms with E-state index in [2.05, 4.69) is 6.92 Å². The van der Waals surface area contributed by atoms with Crippen molar-refractivity contribution < 1.29 is 19.1 Å². The normalized spacial score (nSPS) is 11.3. The highest BCUT2D eigenvalue weighted by atomic mass is 16.6. The zero-order valence-corrected chi connectivity index (χ0v) is 15.7. The fourth-order valence-corrected chi connectivity index (χ4v) is 2.44. The van der Waals surface area contributed by atoms with E-state index in [1.807, 2.05) is 0 Å². The zero-order valence-electron chi connectivity index (χ0n) is 15.7. The Balaban J connectivity index is 4.16. The number of unbranched alkanes of at least 4 members (excludes halogenated alkanes) is 7. The molecule has 0 atom stereocenters. The summed E-state index contributed by atoms with van der Waals surface area (Å²) in [6.45, 7) is 9.38. The highest BCUT2D eigenvalue weighted by Crippen LogP contribution is 2.17. The average molecular weight is 328 g/mol.